The molecule has 2 N–H and O–H groups in total. The smallest absolute Gasteiger partial charge is 0.335 e. The monoisotopic (exact) mass is 291 g/mol. The van der Waals surface area contributed by atoms with Crippen LogP contribution in [-0.4, -0.2) is 55.2 Å². The molecule has 2 rings (SSSR count). The van der Waals surface area contributed by atoms with E-state index in [4.69, 9.17) is 5.11 Å². The Morgan fingerprint density at radius 1 is 1.43 bits per heavy atom. The van der Waals surface area contributed by atoms with Crippen molar-refractivity contribution in [3.63, 3.8) is 0 Å². The van der Waals surface area contributed by atoms with Gasteiger partial charge in [-0.05, 0) is 43.8 Å². The van der Waals surface area contributed by atoms with Crippen LogP contribution in [0.1, 0.15) is 22.8 Å². The van der Waals surface area contributed by atoms with Crippen LogP contribution in [0.15, 0.2) is 18.2 Å². The summed E-state index contributed by atoms with van der Waals surface area (Å²) in [6.45, 7) is 5.01. The maximum atomic E-state index is 12.2. The first-order valence-electron chi connectivity index (χ1n) is 7.13. The third kappa shape index (κ3) is 3.52. The number of nitrogens with one attached hydrogen (secondary N) is 1. The molecule has 6 heteroatoms. The van der Waals surface area contributed by atoms with Gasteiger partial charge in [0.1, 0.15) is 0 Å². The Morgan fingerprint density at radius 2 is 2.19 bits per heavy atom. The second-order valence-electron chi connectivity index (χ2n) is 5.18. The number of hydrogen-bond acceptors (Lipinski definition) is 3. The van der Waals surface area contributed by atoms with Gasteiger partial charge >= 0.3 is 12.0 Å². The molecular weight excluding hydrogens is 270 g/mol. The number of nitrogens with zero attached hydrogens (tertiary/aromatic N) is 2. The lowest BCUT2D eigenvalue weighted by Gasteiger charge is -2.20. The van der Waals surface area contributed by atoms with E-state index < -0.39 is 5.97 Å². The van der Waals surface area contributed by atoms with Gasteiger partial charge in [-0.1, -0.05) is 6.92 Å². The Morgan fingerprint density at radius 3 is 2.86 bits per heavy atom. The molecule has 0 fully saturated rings. The highest BCUT2D eigenvalue weighted by atomic mass is 16.4. The zero-order valence-corrected chi connectivity index (χ0v) is 12.4. The number of carboxylic acids is 1. The highest BCUT2D eigenvalue weighted by Crippen LogP contribution is 2.28. The largest absolute Gasteiger partial charge is 0.478 e. The minimum absolute atomic E-state index is 0.124. The zero-order valence-electron chi connectivity index (χ0n) is 12.4. The SMILES string of the molecule is CCN(C)CCNC(=O)N1CCc2cc(C(=O)O)ccc21. The van der Waals surface area contributed by atoms with Crippen molar-refractivity contribution in [1.29, 1.82) is 0 Å². The van der Waals surface area contributed by atoms with Crippen molar-refractivity contribution in [3.05, 3.63) is 29.3 Å². The van der Waals surface area contributed by atoms with E-state index in [1.165, 1.54) is 6.07 Å². The fourth-order valence-corrected chi connectivity index (χ4v) is 2.35. The van der Waals surface area contributed by atoms with Crippen LogP contribution in [0.4, 0.5) is 10.5 Å². The molecule has 0 spiro atoms. The summed E-state index contributed by atoms with van der Waals surface area (Å²) >= 11 is 0. The minimum Gasteiger partial charge on any atom is -0.478 e. The van der Waals surface area contributed by atoms with Gasteiger partial charge in [0.2, 0.25) is 0 Å². The predicted molar refractivity (Wildman–Crippen MR) is 81.0 cm³/mol. The topological polar surface area (TPSA) is 72.9 Å². The lowest BCUT2D eigenvalue weighted by molar-refractivity contribution is 0.0697. The van der Waals surface area contributed by atoms with Crippen LogP contribution in [0.2, 0.25) is 0 Å². The van der Waals surface area contributed by atoms with Gasteiger partial charge in [-0.2, -0.15) is 0 Å². The number of carbonyl (C=O) groups is 2. The second-order valence-corrected chi connectivity index (χ2v) is 5.18. The quantitative estimate of drug-likeness (QED) is 0.860. The second kappa shape index (κ2) is 6.58. The van der Waals surface area contributed by atoms with Crippen molar-refractivity contribution in [3.8, 4) is 0 Å². The lowest BCUT2D eigenvalue weighted by Crippen LogP contribution is -2.42. The highest BCUT2D eigenvalue weighted by Gasteiger charge is 2.25. The molecule has 1 aliphatic rings. The molecule has 0 radical (unpaired) electrons. The number of rotatable bonds is 5. The molecule has 21 heavy (non-hydrogen) atoms. The standard InChI is InChI=1S/C15H21N3O3/c1-3-17(2)9-7-16-15(21)18-8-6-11-10-12(14(19)20)4-5-13(11)18/h4-5,10H,3,6-9H2,1-2H3,(H,16,21)(H,19,20). The molecule has 0 aromatic heterocycles. The summed E-state index contributed by atoms with van der Waals surface area (Å²) < 4.78 is 0. The third-order valence-corrected chi connectivity index (χ3v) is 3.78. The van der Waals surface area contributed by atoms with Gasteiger partial charge in [0.05, 0.1) is 5.56 Å². The Labute approximate surface area is 124 Å². The van der Waals surface area contributed by atoms with Crippen molar-refractivity contribution in [2.24, 2.45) is 0 Å². The molecule has 0 unspecified atom stereocenters. The number of anilines is 1. The maximum absolute atomic E-state index is 12.2. The van der Waals surface area contributed by atoms with Gasteiger partial charge < -0.3 is 15.3 Å². The number of carbonyl (C=O) groups excluding carboxylic acids is 1. The van der Waals surface area contributed by atoms with Crippen molar-refractivity contribution >= 4 is 17.7 Å². The number of hydrogen-bond donors (Lipinski definition) is 2. The van der Waals surface area contributed by atoms with E-state index in [2.05, 4.69) is 17.1 Å². The van der Waals surface area contributed by atoms with Crippen molar-refractivity contribution in [2.75, 3.05) is 38.1 Å². The number of likely N-dealkylation sites (N-methyl/N-ethyl adjacent to an activating group) is 1. The molecule has 0 saturated heterocycles. The summed E-state index contributed by atoms with van der Waals surface area (Å²) in [4.78, 5) is 26.9. The number of amides is 2. The fourth-order valence-electron chi connectivity index (χ4n) is 2.35. The molecule has 1 heterocycles. The van der Waals surface area contributed by atoms with Crippen molar-refractivity contribution in [2.45, 2.75) is 13.3 Å². The van der Waals surface area contributed by atoms with Gasteiger partial charge in [0.15, 0.2) is 0 Å². The summed E-state index contributed by atoms with van der Waals surface area (Å²) in [6, 6.07) is 4.78. The summed E-state index contributed by atoms with van der Waals surface area (Å²) in [5.41, 5.74) is 1.98. The molecule has 6 nitrogen and oxygen atoms in total. The van der Waals surface area contributed by atoms with Crippen molar-refractivity contribution < 1.29 is 14.7 Å². The number of carboxylic acid groups (broad SMARTS) is 1. The van der Waals surface area contributed by atoms with Crippen LogP contribution in [-0.2, 0) is 6.42 Å². The van der Waals surface area contributed by atoms with Gasteiger partial charge in [-0.15, -0.1) is 0 Å². The van der Waals surface area contributed by atoms with E-state index >= 15 is 0 Å². The molecule has 0 saturated carbocycles. The Bertz CT molecular complexity index is 545. The van der Waals surface area contributed by atoms with Crippen LogP contribution in [0.3, 0.4) is 0 Å². The van der Waals surface area contributed by atoms with E-state index in [1.807, 2.05) is 7.05 Å². The van der Waals surface area contributed by atoms with Gasteiger partial charge in [-0.3, -0.25) is 4.90 Å². The molecule has 0 atom stereocenters. The van der Waals surface area contributed by atoms with Crippen molar-refractivity contribution in [1.82, 2.24) is 10.2 Å². The highest BCUT2D eigenvalue weighted by molar-refractivity contribution is 5.96. The molecule has 0 aliphatic carbocycles. The first kappa shape index (κ1) is 15.3. The summed E-state index contributed by atoms with van der Waals surface area (Å²) in [7, 11) is 2.00. The molecule has 2 amide bonds. The van der Waals surface area contributed by atoms with Crippen LogP contribution >= 0.6 is 0 Å². The van der Waals surface area contributed by atoms with E-state index in [0.717, 1.165) is 24.3 Å². The van der Waals surface area contributed by atoms with Gasteiger partial charge in [0, 0.05) is 25.3 Å². The molecule has 1 aliphatic heterocycles. The number of aromatic carboxylic acids is 1. The third-order valence-electron chi connectivity index (χ3n) is 3.78. The van der Waals surface area contributed by atoms with Gasteiger partial charge in [0.25, 0.3) is 0 Å². The number of fused-ring (bicyclic) bond motifs is 1. The van der Waals surface area contributed by atoms with E-state index in [9.17, 15) is 9.59 Å². The summed E-state index contributed by atoms with van der Waals surface area (Å²) in [5, 5.41) is 11.9. The molecule has 1 aromatic rings. The number of benzene rings is 1. The fraction of sp³-hybridized carbons (Fsp3) is 0.467. The van der Waals surface area contributed by atoms with E-state index in [1.54, 1.807) is 17.0 Å². The van der Waals surface area contributed by atoms with E-state index in [0.29, 0.717) is 19.5 Å². The summed E-state index contributed by atoms with van der Waals surface area (Å²) in [6.07, 6.45) is 0.693. The van der Waals surface area contributed by atoms with Crippen LogP contribution in [0, 0.1) is 0 Å². The maximum Gasteiger partial charge on any atom is 0.335 e. The number of urea groups is 1. The first-order chi connectivity index (χ1) is 10.0. The average Bonchev–Trinajstić information content (AvgIpc) is 2.89. The Hall–Kier alpha value is -2.08. The van der Waals surface area contributed by atoms with Crippen LogP contribution in [0.25, 0.3) is 0 Å². The molecule has 0 bridgehead atoms. The predicted octanol–water partition coefficient (Wildman–Crippen LogP) is 1.41. The summed E-state index contributed by atoms with van der Waals surface area (Å²) in [5.74, 6) is -0.941. The van der Waals surface area contributed by atoms with Crippen LogP contribution in [0.5, 0.6) is 0 Å². The first-order valence-corrected chi connectivity index (χ1v) is 7.13. The Kier molecular flexibility index (Phi) is 4.80. The van der Waals surface area contributed by atoms with Gasteiger partial charge in [-0.25, -0.2) is 9.59 Å². The van der Waals surface area contributed by atoms with Crippen LogP contribution < -0.4 is 10.2 Å². The normalized spacial score (nSPS) is 13.4. The lowest BCUT2D eigenvalue weighted by atomic mass is 10.1. The molecule has 114 valence electrons. The Balaban J connectivity index is 1.98. The molecular formula is C15H21N3O3. The van der Waals surface area contributed by atoms with E-state index in [-0.39, 0.29) is 11.6 Å². The molecule has 1 aromatic carbocycles. The minimum atomic E-state index is -0.941. The average molecular weight is 291 g/mol. The zero-order chi connectivity index (χ0) is 15.4.